The molecule has 1 amide bonds. The van der Waals surface area contributed by atoms with E-state index in [9.17, 15) is 4.79 Å². The molecule has 0 bridgehead atoms. The molecule has 1 aliphatic heterocycles. The molecule has 3 rings (SSSR count). The summed E-state index contributed by atoms with van der Waals surface area (Å²) in [5.41, 5.74) is 6.74. The van der Waals surface area contributed by atoms with Crippen LogP contribution in [0.3, 0.4) is 0 Å². The van der Waals surface area contributed by atoms with E-state index in [4.69, 9.17) is 0 Å². The van der Waals surface area contributed by atoms with Crippen molar-refractivity contribution in [2.45, 2.75) is 59.7 Å². The van der Waals surface area contributed by atoms with Gasteiger partial charge in [-0.05, 0) is 46.2 Å². The van der Waals surface area contributed by atoms with Crippen LogP contribution in [-0.2, 0) is 17.8 Å². The van der Waals surface area contributed by atoms with Gasteiger partial charge < -0.3 is 10.6 Å². The van der Waals surface area contributed by atoms with Crippen LogP contribution in [0.5, 0.6) is 0 Å². The molecule has 0 aliphatic carbocycles. The Labute approximate surface area is 143 Å². The lowest BCUT2D eigenvalue weighted by molar-refractivity contribution is -0.121. The number of anilines is 1. The van der Waals surface area contributed by atoms with E-state index in [-0.39, 0.29) is 11.9 Å². The molecule has 1 aromatic carbocycles. The van der Waals surface area contributed by atoms with Gasteiger partial charge in [0, 0.05) is 36.0 Å². The quantitative estimate of drug-likeness (QED) is 0.908. The third-order valence-corrected chi connectivity index (χ3v) is 4.73. The molecule has 2 N–H and O–H groups in total. The Balaban J connectivity index is 1.65. The summed E-state index contributed by atoms with van der Waals surface area (Å²) in [5.74, 6) is 0.0416. The number of hydrogen-bond acceptors (Lipinski definition) is 3. The monoisotopic (exact) mass is 326 g/mol. The zero-order valence-electron chi connectivity index (χ0n) is 15.1. The minimum atomic E-state index is -0.192. The fourth-order valence-corrected chi connectivity index (χ4v) is 3.40. The Kier molecular flexibility index (Phi) is 4.35. The number of amides is 1. The van der Waals surface area contributed by atoms with Crippen LogP contribution >= 0.6 is 0 Å². The lowest BCUT2D eigenvalue weighted by atomic mass is 10.1. The van der Waals surface area contributed by atoms with Crippen molar-refractivity contribution >= 4 is 11.6 Å². The van der Waals surface area contributed by atoms with E-state index >= 15 is 0 Å². The highest BCUT2D eigenvalue weighted by molar-refractivity contribution is 5.87. The normalized spacial score (nSPS) is 16.2. The number of aromatic nitrogens is 2. The highest BCUT2D eigenvalue weighted by atomic mass is 16.2. The first-order chi connectivity index (χ1) is 11.4. The molecule has 0 unspecified atom stereocenters. The van der Waals surface area contributed by atoms with E-state index in [1.54, 1.807) is 0 Å². The summed E-state index contributed by atoms with van der Waals surface area (Å²) in [6.45, 7) is 10.9. The maximum Gasteiger partial charge on any atom is 0.243 e. The molecule has 5 nitrogen and oxygen atoms in total. The van der Waals surface area contributed by atoms with Crippen molar-refractivity contribution in [1.29, 1.82) is 0 Å². The molecule has 1 aliphatic rings. The predicted molar refractivity (Wildman–Crippen MR) is 96.2 cm³/mol. The van der Waals surface area contributed by atoms with Crippen LogP contribution in [0.2, 0.25) is 0 Å². The van der Waals surface area contributed by atoms with Gasteiger partial charge >= 0.3 is 0 Å². The third kappa shape index (κ3) is 3.03. The van der Waals surface area contributed by atoms with Crippen LogP contribution in [0.15, 0.2) is 18.2 Å². The molecule has 0 radical (unpaired) electrons. The van der Waals surface area contributed by atoms with E-state index in [1.165, 1.54) is 11.1 Å². The summed E-state index contributed by atoms with van der Waals surface area (Å²) < 4.78 is 2.02. The fourth-order valence-electron chi connectivity index (χ4n) is 3.40. The van der Waals surface area contributed by atoms with Gasteiger partial charge in [0.25, 0.3) is 0 Å². The molecule has 128 valence electrons. The number of hydrogen-bond donors (Lipinski definition) is 2. The largest absolute Gasteiger partial charge is 0.373 e. The standard InChI is InChI=1S/C19H26N4O/c1-11(2)23-14(5)16(13(4)22-23)10-20-19(24)18-9-15-8-12(3)6-7-17(15)21-18/h6-8,11,18,21H,9-10H2,1-5H3,(H,20,24)/t18-/m1/s1. The summed E-state index contributed by atoms with van der Waals surface area (Å²) in [7, 11) is 0. The Hall–Kier alpha value is -2.30. The zero-order chi connectivity index (χ0) is 17.4. The molecule has 0 saturated heterocycles. The van der Waals surface area contributed by atoms with E-state index in [0.29, 0.717) is 12.6 Å². The van der Waals surface area contributed by atoms with E-state index in [2.05, 4.69) is 61.6 Å². The number of benzene rings is 1. The highest BCUT2D eigenvalue weighted by Crippen LogP contribution is 2.26. The van der Waals surface area contributed by atoms with Crippen molar-refractivity contribution in [2.24, 2.45) is 0 Å². The Morgan fingerprint density at radius 1 is 1.38 bits per heavy atom. The molecule has 2 aromatic rings. The van der Waals surface area contributed by atoms with Gasteiger partial charge in [0.2, 0.25) is 5.91 Å². The van der Waals surface area contributed by atoms with Crippen molar-refractivity contribution in [2.75, 3.05) is 5.32 Å². The molecule has 0 saturated carbocycles. The number of nitrogens with one attached hydrogen (secondary N) is 2. The fraction of sp³-hybridized carbons (Fsp3) is 0.474. The van der Waals surface area contributed by atoms with Crippen molar-refractivity contribution in [3.8, 4) is 0 Å². The van der Waals surface area contributed by atoms with Gasteiger partial charge in [-0.25, -0.2) is 0 Å². The molecular formula is C19H26N4O. The first-order valence-electron chi connectivity index (χ1n) is 8.55. The maximum atomic E-state index is 12.5. The third-order valence-electron chi connectivity index (χ3n) is 4.73. The van der Waals surface area contributed by atoms with Gasteiger partial charge in [0.15, 0.2) is 0 Å². The highest BCUT2D eigenvalue weighted by Gasteiger charge is 2.26. The summed E-state index contributed by atoms with van der Waals surface area (Å²) in [5, 5.41) is 11.0. The van der Waals surface area contributed by atoms with E-state index < -0.39 is 0 Å². The average molecular weight is 326 g/mol. The van der Waals surface area contributed by atoms with Gasteiger partial charge in [-0.1, -0.05) is 17.7 Å². The molecule has 0 spiro atoms. The van der Waals surface area contributed by atoms with Gasteiger partial charge in [-0.15, -0.1) is 0 Å². The number of carbonyl (C=O) groups excluding carboxylic acids is 1. The topological polar surface area (TPSA) is 59.0 Å². The second kappa shape index (κ2) is 6.30. The molecule has 5 heteroatoms. The minimum absolute atomic E-state index is 0.0416. The molecular weight excluding hydrogens is 300 g/mol. The van der Waals surface area contributed by atoms with Crippen LogP contribution in [0.25, 0.3) is 0 Å². The van der Waals surface area contributed by atoms with Gasteiger partial charge in [0.1, 0.15) is 6.04 Å². The number of rotatable bonds is 4. The van der Waals surface area contributed by atoms with Crippen molar-refractivity contribution in [3.05, 3.63) is 46.3 Å². The molecule has 0 fully saturated rings. The second-order valence-corrected chi connectivity index (χ2v) is 6.97. The average Bonchev–Trinajstić information content (AvgIpc) is 3.06. The van der Waals surface area contributed by atoms with Crippen LogP contribution < -0.4 is 10.6 Å². The second-order valence-electron chi connectivity index (χ2n) is 6.97. The smallest absolute Gasteiger partial charge is 0.243 e. The van der Waals surface area contributed by atoms with Crippen LogP contribution in [0, 0.1) is 20.8 Å². The first-order valence-corrected chi connectivity index (χ1v) is 8.55. The van der Waals surface area contributed by atoms with Crippen molar-refractivity contribution in [3.63, 3.8) is 0 Å². The first kappa shape index (κ1) is 16.6. The summed E-state index contributed by atoms with van der Waals surface area (Å²) >= 11 is 0. The number of fused-ring (bicyclic) bond motifs is 1. The Morgan fingerprint density at radius 2 is 2.12 bits per heavy atom. The lowest BCUT2D eigenvalue weighted by Gasteiger charge is -2.13. The lowest BCUT2D eigenvalue weighted by Crippen LogP contribution is -2.38. The summed E-state index contributed by atoms with van der Waals surface area (Å²) in [6, 6.07) is 6.40. The van der Waals surface area contributed by atoms with Crippen LogP contribution in [0.4, 0.5) is 5.69 Å². The predicted octanol–water partition coefficient (Wildman–Crippen LogP) is 3.04. The number of carbonyl (C=O) groups is 1. The van der Waals surface area contributed by atoms with Crippen LogP contribution in [-0.4, -0.2) is 21.7 Å². The maximum absolute atomic E-state index is 12.5. The molecule has 2 heterocycles. The summed E-state index contributed by atoms with van der Waals surface area (Å²) in [4.78, 5) is 12.5. The molecule has 1 atom stereocenters. The van der Waals surface area contributed by atoms with Crippen molar-refractivity contribution < 1.29 is 4.79 Å². The minimum Gasteiger partial charge on any atom is -0.373 e. The van der Waals surface area contributed by atoms with Gasteiger partial charge in [0.05, 0.1) is 5.69 Å². The molecule has 24 heavy (non-hydrogen) atoms. The Morgan fingerprint density at radius 3 is 2.79 bits per heavy atom. The van der Waals surface area contributed by atoms with E-state index in [0.717, 1.165) is 29.1 Å². The van der Waals surface area contributed by atoms with Crippen LogP contribution in [0.1, 0.15) is 48.0 Å². The number of nitrogens with zero attached hydrogens (tertiary/aromatic N) is 2. The number of aryl methyl sites for hydroxylation is 2. The SMILES string of the molecule is Cc1ccc2c(c1)C[C@H](C(=O)NCc1c(C)nn(C(C)C)c1C)N2. The van der Waals surface area contributed by atoms with Gasteiger partial charge in [-0.2, -0.15) is 5.10 Å². The molecule has 1 aromatic heterocycles. The van der Waals surface area contributed by atoms with E-state index in [1.807, 2.05) is 11.6 Å². The summed E-state index contributed by atoms with van der Waals surface area (Å²) in [6.07, 6.45) is 0.742. The Bertz CT molecular complexity index is 776. The van der Waals surface area contributed by atoms with Crippen molar-refractivity contribution in [1.82, 2.24) is 15.1 Å². The zero-order valence-corrected chi connectivity index (χ0v) is 15.1. The van der Waals surface area contributed by atoms with Gasteiger partial charge in [-0.3, -0.25) is 9.48 Å².